The number of aromatic nitrogens is 3. The second kappa shape index (κ2) is 8.38. The van der Waals surface area contributed by atoms with Crippen molar-refractivity contribution >= 4 is 16.8 Å². The summed E-state index contributed by atoms with van der Waals surface area (Å²) in [6.07, 6.45) is 0.996. The summed E-state index contributed by atoms with van der Waals surface area (Å²) < 4.78 is 6.48. The van der Waals surface area contributed by atoms with E-state index in [1.807, 2.05) is 0 Å². The molecule has 0 aliphatic carbocycles. The molecule has 0 saturated heterocycles. The largest absolute Gasteiger partial charge is 0.380 e. The van der Waals surface area contributed by atoms with E-state index in [4.69, 9.17) is 4.74 Å². The first-order valence-corrected chi connectivity index (χ1v) is 7.75. The van der Waals surface area contributed by atoms with Gasteiger partial charge in [0.2, 0.25) is 5.91 Å². The number of nitrogens with zero attached hydrogens (tertiary/aromatic N) is 3. The summed E-state index contributed by atoms with van der Waals surface area (Å²) >= 11 is 0. The Morgan fingerprint density at radius 3 is 2.87 bits per heavy atom. The fraction of sp³-hybridized carbons (Fsp3) is 0.500. The molecule has 0 radical (unpaired) electrons. The normalized spacial score (nSPS) is 11.1. The zero-order valence-electron chi connectivity index (χ0n) is 13.5. The van der Waals surface area contributed by atoms with Crippen LogP contribution in [0.3, 0.4) is 0 Å². The van der Waals surface area contributed by atoms with Crippen molar-refractivity contribution in [2.75, 3.05) is 19.8 Å². The lowest BCUT2D eigenvalue weighted by Gasteiger charge is -2.08. The summed E-state index contributed by atoms with van der Waals surface area (Å²) in [6, 6.07) is 6.92. The molecule has 1 aromatic carbocycles. The van der Waals surface area contributed by atoms with Crippen molar-refractivity contribution in [1.29, 1.82) is 0 Å². The molecule has 7 heteroatoms. The van der Waals surface area contributed by atoms with Crippen LogP contribution in [0.1, 0.15) is 20.3 Å². The fourth-order valence-corrected chi connectivity index (χ4v) is 2.00. The third-order valence-electron chi connectivity index (χ3n) is 3.33. The van der Waals surface area contributed by atoms with Crippen molar-refractivity contribution in [3.8, 4) is 0 Å². The van der Waals surface area contributed by atoms with Crippen LogP contribution in [0, 0.1) is 5.92 Å². The zero-order valence-corrected chi connectivity index (χ0v) is 13.5. The Bertz CT molecular complexity index is 712. The molecule has 0 aliphatic heterocycles. The molecule has 2 aromatic rings. The van der Waals surface area contributed by atoms with Crippen LogP contribution in [0.2, 0.25) is 0 Å². The molecule has 0 bridgehead atoms. The van der Waals surface area contributed by atoms with E-state index in [1.165, 1.54) is 0 Å². The number of nitrogens with one attached hydrogen (secondary N) is 1. The number of fused-ring (bicyclic) bond motifs is 1. The van der Waals surface area contributed by atoms with Crippen LogP contribution in [0.15, 0.2) is 29.1 Å². The molecule has 124 valence electrons. The lowest BCUT2D eigenvalue weighted by molar-refractivity contribution is -0.122. The maximum atomic E-state index is 12.2. The van der Waals surface area contributed by atoms with Crippen molar-refractivity contribution in [1.82, 2.24) is 20.3 Å². The highest BCUT2D eigenvalue weighted by Crippen LogP contribution is 2.03. The van der Waals surface area contributed by atoms with Gasteiger partial charge in [-0.3, -0.25) is 9.59 Å². The monoisotopic (exact) mass is 318 g/mol. The molecule has 0 aliphatic rings. The van der Waals surface area contributed by atoms with E-state index in [0.717, 1.165) is 11.1 Å². The maximum Gasteiger partial charge on any atom is 0.278 e. The molecule has 1 aromatic heterocycles. The smallest absolute Gasteiger partial charge is 0.278 e. The average Bonchev–Trinajstić information content (AvgIpc) is 2.53. The number of amides is 1. The van der Waals surface area contributed by atoms with Crippen molar-refractivity contribution in [2.45, 2.75) is 26.8 Å². The molecule has 7 nitrogen and oxygen atoms in total. The van der Waals surface area contributed by atoms with E-state index in [1.54, 1.807) is 24.3 Å². The van der Waals surface area contributed by atoms with Gasteiger partial charge in [-0.25, -0.2) is 4.68 Å². The number of carbonyl (C=O) groups is 1. The summed E-state index contributed by atoms with van der Waals surface area (Å²) in [5, 5.41) is 10.9. The van der Waals surface area contributed by atoms with Gasteiger partial charge in [0.15, 0.2) is 0 Å². The number of hydrogen-bond donors (Lipinski definition) is 1. The van der Waals surface area contributed by atoms with Gasteiger partial charge < -0.3 is 10.1 Å². The molecule has 23 heavy (non-hydrogen) atoms. The van der Waals surface area contributed by atoms with Crippen LogP contribution in [0.25, 0.3) is 10.9 Å². The van der Waals surface area contributed by atoms with E-state index in [0.29, 0.717) is 36.6 Å². The molecular formula is C16H22N4O3. The van der Waals surface area contributed by atoms with Crippen molar-refractivity contribution in [2.24, 2.45) is 5.92 Å². The molecule has 0 unspecified atom stereocenters. The van der Waals surface area contributed by atoms with Crippen LogP contribution in [-0.2, 0) is 16.1 Å². The first-order valence-electron chi connectivity index (χ1n) is 7.75. The minimum absolute atomic E-state index is 0.150. The number of carbonyl (C=O) groups excluding carboxylic acids is 1. The Balaban J connectivity index is 1.82. The van der Waals surface area contributed by atoms with E-state index < -0.39 is 0 Å². The quantitative estimate of drug-likeness (QED) is 0.733. The van der Waals surface area contributed by atoms with Crippen LogP contribution in [0.4, 0.5) is 0 Å². The zero-order chi connectivity index (χ0) is 16.7. The highest BCUT2D eigenvalue weighted by molar-refractivity contribution is 5.78. The highest BCUT2D eigenvalue weighted by Gasteiger charge is 2.08. The van der Waals surface area contributed by atoms with Crippen LogP contribution in [-0.4, -0.2) is 40.7 Å². The number of rotatable bonds is 8. The Kier molecular flexibility index (Phi) is 6.22. The summed E-state index contributed by atoms with van der Waals surface area (Å²) in [5.41, 5.74) is 0.201. The predicted octanol–water partition coefficient (Wildman–Crippen LogP) is 0.970. The third-order valence-corrected chi connectivity index (χ3v) is 3.33. The topological polar surface area (TPSA) is 86.1 Å². The minimum Gasteiger partial charge on any atom is -0.380 e. The summed E-state index contributed by atoms with van der Waals surface area (Å²) in [6.45, 7) is 5.66. The molecule has 2 rings (SSSR count). The van der Waals surface area contributed by atoms with Gasteiger partial charge in [0.05, 0.1) is 12.0 Å². The first kappa shape index (κ1) is 17.1. The van der Waals surface area contributed by atoms with Gasteiger partial charge in [-0.15, -0.1) is 5.10 Å². The van der Waals surface area contributed by atoms with E-state index in [-0.39, 0.29) is 18.0 Å². The summed E-state index contributed by atoms with van der Waals surface area (Å²) in [7, 11) is 0. The fourth-order valence-electron chi connectivity index (χ4n) is 2.00. The van der Waals surface area contributed by atoms with Gasteiger partial charge in [0, 0.05) is 13.2 Å². The third kappa shape index (κ3) is 5.14. The van der Waals surface area contributed by atoms with Gasteiger partial charge in [-0.05, 0) is 24.5 Å². The van der Waals surface area contributed by atoms with Gasteiger partial charge in [-0.1, -0.05) is 31.2 Å². The second-order valence-corrected chi connectivity index (χ2v) is 5.71. The van der Waals surface area contributed by atoms with Crippen molar-refractivity contribution in [3.05, 3.63) is 34.6 Å². The van der Waals surface area contributed by atoms with E-state index in [9.17, 15) is 9.59 Å². The maximum absolute atomic E-state index is 12.2. The molecule has 0 saturated carbocycles. The standard InChI is InChI=1S/C16H22N4O3/c1-12(2)7-9-23-10-8-17-15(21)11-20-16(22)13-5-3-4-6-14(13)18-19-20/h3-6,12H,7-11H2,1-2H3,(H,17,21). The second-order valence-electron chi connectivity index (χ2n) is 5.71. The lowest BCUT2D eigenvalue weighted by atomic mass is 10.1. The molecule has 1 N–H and O–H groups in total. The Labute approximate surface area is 134 Å². The van der Waals surface area contributed by atoms with Gasteiger partial charge in [0.25, 0.3) is 5.56 Å². The Morgan fingerprint density at radius 2 is 2.09 bits per heavy atom. The average molecular weight is 318 g/mol. The lowest BCUT2D eigenvalue weighted by Crippen LogP contribution is -2.35. The predicted molar refractivity (Wildman–Crippen MR) is 87.1 cm³/mol. The van der Waals surface area contributed by atoms with Gasteiger partial charge >= 0.3 is 0 Å². The number of hydrogen-bond acceptors (Lipinski definition) is 5. The first-order chi connectivity index (χ1) is 11.1. The Morgan fingerprint density at radius 1 is 1.30 bits per heavy atom. The summed E-state index contributed by atoms with van der Waals surface area (Å²) in [4.78, 5) is 24.0. The van der Waals surface area contributed by atoms with Crippen LogP contribution < -0.4 is 10.9 Å². The molecule has 0 spiro atoms. The molecule has 0 fully saturated rings. The van der Waals surface area contributed by atoms with Crippen LogP contribution in [0.5, 0.6) is 0 Å². The molecular weight excluding hydrogens is 296 g/mol. The Hall–Kier alpha value is -2.28. The van der Waals surface area contributed by atoms with E-state index in [2.05, 4.69) is 29.5 Å². The minimum atomic E-state index is -0.320. The van der Waals surface area contributed by atoms with Gasteiger partial charge in [-0.2, -0.15) is 0 Å². The van der Waals surface area contributed by atoms with E-state index >= 15 is 0 Å². The van der Waals surface area contributed by atoms with Crippen LogP contribution >= 0.6 is 0 Å². The highest BCUT2D eigenvalue weighted by atomic mass is 16.5. The summed E-state index contributed by atoms with van der Waals surface area (Å²) in [5.74, 6) is 0.312. The SMILES string of the molecule is CC(C)CCOCCNC(=O)Cn1nnc2ccccc2c1=O. The molecule has 1 amide bonds. The van der Waals surface area contributed by atoms with Gasteiger partial charge in [0.1, 0.15) is 12.1 Å². The molecule has 0 atom stereocenters. The van der Waals surface area contributed by atoms with Crippen molar-refractivity contribution < 1.29 is 9.53 Å². The van der Waals surface area contributed by atoms with Crippen molar-refractivity contribution in [3.63, 3.8) is 0 Å². The number of benzene rings is 1. The molecule has 1 heterocycles. The number of ether oxygens (including phenoxy) is 1.